The van der Waals surface area contributed by atoms with Crippen molar-refractivity contribution in [2.24, 2.45) is 5.41 Å². The number of nitrogens with zero attached hydrogens (tertiary/aromatic N) is 1. The van der Waals surface area contributed by atoms with Gasteiger partial charge in [0.25, 0.3) is 0 Å². The van der Waals surface area contributed by atoms with Gasteiger partial charge in [-0.25, -0.2) is 0 Å². The highest BCUT2D eigenvalue weighted by Gasteiger charge is 2.42. The minimum Gasteiger partial charge on any atom is -0.493 e. The molecular formula is C29H37N3O6. The van der Waals surface area contributed by atoms with Crippen LogP contribution >= 0.6 is 0 Å². The summed E-state index contributed by atoms with van der Waals surface area (Å²) in [5.41, 5.74) is 3.70. The van der Waals surface area contributed by atoms with E-state index in [0.29, 0.717) is 48.8 Å². The molecule has 2 aliphatic rings. The van der Waals surface area contributed by atoms with E-state index >= 15 is 0 Å². The lowest BCUT2D eigenvalue weighted by atomic mass is 9.73. The van der Waals surface area contributed by atoms with Crippen molar-refractivity contribution < 1.29 is 28.5 Å². The predicted octanol–water partition coefficient (Wildman–Crippen LogP) is 4.09. The Bertz CT molecular complexity index is 1210. The number of ether oxygens (including phenoxy) is 4. The van der Waals surface area contributed by atoms with Crippen LogP contribution in [0.25, 0.3) is 0 Å². The lowest BCUT2D eigenvalue weighted by Gasteiger charge is -2.38. The van der Waals surface area contributed by atoms with E-state index in [1.807, 2.05) is 41.3 Å². The molecule has 4 rings (SSSR count). The normalized spacial score (nSPS) is 18.1. The standard InChI is InChI=1S/C29H37N3O6/c1-29(2)15-20-26(22(33)16-29)27(18-13-23(36-4)28(38-6)24(14-18)37-5)32(17-25(34)30-11-12-35-3)21-10-8-7-9-19(21)31-20/h7-10,13-14,27,31H,11-12,15-17H2,1-6H3,(H,30,34). The zero-order chi connectivity index (χ0) is 27.4. The molecule has 0 spiro atoms. The molecular weight excluding hydrogens is 486 g/mol. The fourth-order valence-electron chi connectivity index (χ4n) is 5.34. The number of benzene rings is 2. The van der Waals surface area contributed by atoms with Gasteiger partial charge in [0.1, 0.15) is 0 Å². The first-order chi connectivity index (χ1) is 18.2. The Hall–Kier alpha value is -3.72. The van der Waals surface area contributed by atoms with Crippen LogP contribution in [0, 0.1) is 5.41 Å². The summed E-state index contributed by atoms with van der Waals surface area (Å²) < 4.78 is 22.0. The smallest absolute Gasteiger partial charge is 0.239 e. The van der Waals surface area contributed by atoms with Crippen LogP contribution in [-0.4, -0.2) is 59.8 Å². The highest BCUT2D eigenvalue weighted by Crippen LogP contribution is 2.50. The molecule has 0 bridgehead atoms. The zero-order valence-corrected chi connectivity index (χ0v) is 23.0. The molecule has 1 amide bonds. The van der Waals surface area contributed by atoms with Crippen LogP contribution in [0.15, 0.2) is 47.7 Å². The molecule has 38 heavy (non-hydrogen) atoms. The third kappa shape index (κ3) is 5.43. The van der Waals surface area contributed by atoms with Gasteiger partial charge >= 0.3 is 0 Å². The van der Waals surface area contributed by atoms with Crippen molar-refractivity contribution in [2.75, 3.05) is 58.4 Å². The van der Waals surface area contributed by atoms with Crippen molar-refractivity contribution in [3.8, 4) is 17.2 Å². The third-order valence-electron chi connectivity index (χ3n) is 6.95. The van der Waals surface area contributed by atoms with E-state index in [1.165, 1.54) is 0 Å². The van der Waals surface area contributed by atoms with Crippen molar-refractivity contribution in [3.05, 3.63) is 53.2 Å². The maximum Gasteiger partial charge on any atom is 0.239 e. The molecule has 1 aliphatic heterocycles. The summed E-state index contributed by atoms with van der Waals surface area (Å²) in [6.45, 7) is 5.02. The summed E-state index contributed by atoms with van der Waals surface area (Å²) in [7, 11) is 6.26. The maximum absolute atomic E-state index is 13.9. The van der Waals surface area contributed by atoms with Gasteiger partial charge in [-0.1, -0.05) is 26.0 Å². The first-order valence-electron chi connectivity index (χ1n) is 12.7. The molecule has 0 radical (unpaired) electrons. The molecule has 9 nitrogen and oxygen atoms in total. The Morgan fingerprint density at radius 1 is 1.05 bits per heavy atom. The van der Waals surface area contributed by atoms with Gasteiger partial charge in [0, 0.05) is 31.3 Å². The highest BCUT2D eigenvalue weighted by molar-refractivity contribution is 6.02. The average molecular weight is 524 g/mol. The lowest BCUT2D eigenvalue weighted by Crippen LogP contribution is -2.42. The molecule has 2 aromatic rings. The van der Waals surface area contributed by atoms with E-state index in [2.05, 4.69) is 24.5 Å². The quantitative estimate of drug-likeness (QED) is 0.475. The Morgan fingerprint density at radius 2 is 1.74 bits per heavy atom. The number of para-hydroxylation sites is 2. The summed E-state index contributed by atoms with van der Waals surface area (Å²) in [5.74, 6) is 1.27. The summed E-state index contributed by atoms with van der Waals surface area (Å²) in [5, 5.41) is 6.48. The van der Waals surface area contributed by atoms with E-state index in [4.69, 9.17) is 18.9 Å². The van der Waals surface area contributed by atoms with Crippen LogP contribution in [-0.2, 0) is 14.3 Å². The van der Waals surface area contributed by atoms with Gasteiger partial charge in [-0.2, -0.15) is 0 Å². The van der Waals surface area contributed by atoms with E-state index < -0.39 is 6.04 Å². The molecule has 0 saturated carbocycles. The molecule has 0 saturated heterocycles. The van der Waals surface area contributed by atoms with Crippen LogP contribution in [0.5, 0.6) is 17.2 Å². The average Bonchev–Trinajstić information content (AvgIpc) is 3.01. The Labute approximate surface area is 224 Å². The Balaban J connectivity index is 1.95. The topological polar surface area (TPSA) is 98.4 Å². The summed E-state index contributed by atoms with van der Waals surface area (Å²) >= 11 is 0. The monoisotopic (exact) mass is 523 g/mol. The number of anilines is 2. The van der Waals surface area contributed by atoms with Gasteiger partial charge in [-0.3, -0.25) is 9.59 Å². The van der Waals surface area contributed by atoms with Crippen LogP contribution in [0.3, 0.4) is 0 Å². The van der Waals surface area contributed by atoms with Crippen molar-refractivity contribution in [3.63, 3.8) is 0 Å². The number of carbonyl (C=O) groups excluding carboxylic acids is 2. The molecule has 1 heterocycles. The molecule has 0 fully saturated rings. The van der Waals surface area contributed by atoms with Crippen molar-refractivity contribution in [1.29, 1.82) is 0 Å². The van der Waals surface area contributed by atoms with Gasteiger partial charge in [-0.05, 0) is 41.7 Å². The predicted molar refractivity (Wildman–Crippen MR) is 146 cm³/mol. The number of Topliss-reactive ketones (excluding diaryl/α,β-unsaturated/α-hetero) is 1. The van der Waals surface area contributed by atoms with E-state index in [-0.39, 0.29) is 23.7 Å². The fraction of sp³-hybridized carbons (Fsp3) is 0.448. The summed E-state index contributed by atoms with van der Waals surface area (Å²) in [6, 6.07) is 10.9. The maximum atomic E-state index is 13.9. The Kier molecular flexibility index (Phi) is 8.16. The second kappa shape index (κ2) is 11.3. The minimum atomic E-state index is -0.577. The van der Waals surface area contributed by atoms with Crippen molar-refractivity contribution in [1.82, 2.24) is 5.32 Å². The van der Waals surface area contributed by atoms with Crippen LogP contribution in [0.4, 0.5) is 11.4 Å². The third-order valence-corrected chi connectivity index (χ3v) is 6.95. The number of hydrogen-bond acceptors (Lipinski definition) is 8. The number of methoxy groups -OCH3 is 4. The minimum absolute atomic E-state index is 0.0250. The number of amides is 1. The SMILES string of the molecule is COCCNC(=O)CN1c2ccccc2NC2=C(C(=O)CC(C)(C)C2)C1c1cc(OC)c(OC)c(OC)c1. The van der Waals surface area contributed by atoms with Crippen LogP contribution in [0.1, 0.15) is 38.3 Å². The highest BCUT2D eigenvalue weighted by atomic mass is 16.5. The molecule has 9 heteroatoms. The molecule has 204 valence electrons. The fourth-order valence-corrected chi connectivity index (χ4v) is 5.34. The van der Waals surface area contributed by atoms with E-state index in [0.717, 1.165) is 22.6 Å². The second-order valence-electron chi connectivity index (χ2n) is 10.3. The molecule has 2 aromatic carbocycles. The van der Waals surface area contributed by atoms with Gasteiger partial charge in [0.15, 0.2) is 17.3 Å². The number of nitrogens with one attached hydrogen (secondary N) is 2. The number of rotatable bonds is 9. The first kappa shape index (κ1) is 27.3. The van der Waals surface area contributed by atoms with Crippen LogP contribution in [0.2, 0.25) is 0 Å². The second-order valence-corrected chi connectivity index (χ2v) is 10.3. The summed E-state index contributed by atoms with van der Waals surface area (Å²) in [4.78, 5) is 29.0. The largest absolute Gasteiger partial charge is 0.493 e. The number of ketones is 1. The first-order valence-corrected chi connectivity index (χ1v) is 12.7. The molecule has 1 atom stereocenters. The molecule has 1 aliphatic carbocycles. The molecule has 1 unspecified atom stereocenters. The van der Waals surface area contributed by atoms with Gasteiger partial charge in [0.2, 0.25) is 11.7 Å². The zero-order valence-electron chi connectivity index (χ0n) is 23.0. The molecule has 0 aromatic heterocycles. The molecule has 2 N–H and O–H groups in total. The number of fused-ring (bicyclic) bond motifs is 1. The number of hydrogen-bond donors (Lipinski definition) is 2. The van der Waals surface area contributed by atoms with Crippen molar-refractivity contribution >= 4 is 23.1 Å². The van der Waals surface area contributed by atoms with Gasteiger partial charge < -0.3 is 34.5 Å². The lowest BCUT2D eigenvalue weighted by molar-refractivity contribution is -0.121. The van der Waals surface area contributed by atoms with E-state index in [9.17, 15) is 9.59 Å². The van der Waals surface area contributed by atoms with Crippen LogP contribution < -0.4 is 29.7 Å². The van der Waals surface area contributed by atoms with Crippen molar-refractivity contribution in [2.45, 2.75) is 32.7 Å². The van der Waals surface area contributed by atoms with Gasteiger partial charge in [0.05, 0.1) is 51.9 Å². The Morgan fingerprint density at radius 3 is 2.37 bits per heavy atom. The van der Waals surface area contributed by atoms with E-state index in [1.54, 1.807) is 28.4 Å². The van der Waals surface area contributed by atoms with Gasteiger partial charge in [-0.15, -0.1) is 0 Å². The number of carbonyl (C=O) groups is 2. The number of allylic oxidation sites excluding steroid dienone is 1. The summed E-state index contributed by atoms with van der Waals surface area (Å²) in [6.07, 6.45) is 1.09.